The molecule has 2 aromatic carbocycles. The topological polar surface area (TPSA) is 17.1 Å². The van der Waals surface area contributed by atoms with Gasteiger partial charge in [-0.2, -0.15) is 0 Å². The minimum absolute atomic E-state index is 0. The highest BCUT2D eigenvalue weighted by Crippen LogP contribution is 2.26. The number of hydrogen-bond acceptors (Lipinski definition) is 1. The molecule has 0 saturated carbocycles. The van der Waals surface area contributed by atoms with Gasteiger partial charge in [-0.15, -0.1) is 0 Å². The summed E-state index contributed by atoms with van der Waals surface area (Å²) in [7, 11) is 0. The summed E-state index contributed by atoms with van der Waals surface area (Å²) in [4.78, 5) is 12.1. The second-order valence-corrected chi connectivity index (χ2v) is 3.82. The zero-order chi connectivity index (χ0) is 10.3. The van der Waals surface area contributed by atoms with Crippen molar-refractivity contribution in [2.45, 2.75) is 21.3 Å². The van der Waals surface area contributed by atoms with E-state index in [1.54, 1.807) is 0 Å². The molecule has 0 bridgehead atoms. The Morgan fingerprint density at radius 2 is 1.12 bits per heavy atom. The van der Waals surface area contributed by atoms with Crippen LogP contribution in [0.4, 0.5) is 0 Å². The van der Waals surface area contributed by atoms with Gasteiger partial charge in [0, 0.05) is 11.1 Å². The second-order valence-electron chi connectivity index (χ2n) is 3.82. The summed E-state index contributed by atoms with van der Waals surface area (Å²) in [5, 5.41) is 0. The molecule has 0 fully saturated rings. The predicted octanol–water partition coefficient (Wildman–Crippen LogP) is 4.09. The van der Waals surface area contributed by atoms with Crippen molar-refractivity contribution in [1.82, 2.24) is 0 Å². The molecule has 0 N–H and O–H groups in total. The van der Waals surface area contributed by atoms with Gasteiger partial charge in [0.2, 0.25) is 0 Å². The minimum Gasteiger partial charge on any atom is -0.289 e. The van der Waals surface area contributed by atoms with Crippen LogP contribution in [0.15, 0.2) is 48.5 Å². The summed E-state index contributed by atoms with van der Waals surface area (Å²) in [6.45, 7) is 0. The summed E-state index contributed by atoms with van der Waals surface area (Å²) in [6, 6.07) is 15.7. The Bertz CT molecular complexity index is 493. The Kier molecular flexibility index (Phi) is 3.84. The van der Waals surface area contributed by atoms with Crippen LogP contribution in [0.2, 0.25) is 0 Å². The van der Waals surface area contributed by atoms with Gasteiger partial charge in [0.25, 0.3) is 0 Å². The van der Waals surface area contributed by atoms with Crippen molar-refractivity contribution in [2.75, 3.05) is 0 Å². The summed E-state index contributed by atoms with van der Waals surface area (Å²) in [6.07, 6.45) is 0.873. The molecule has 0 aliphatic heterocycles. The molecule has 3 rings (SSSR count). The highest BCUT2D eigenvalue weighted by Gasteiger charge is 2.21. The maximum atomic E-state index is 12.1. The van der Waals surface area contributed by atoms with E-state index in [2.05, 4.69) is 0 Å². The van der Waals surface area contributed by atoms with Gasteiger partial charge in [0.15, 0.2) is 5.78 Å². The molecule has 0 unspecified atom stereocenters. The molecule has 0 saturated heterocycles. The van der Waals surface area contributed by atoms with Gasteiger partial charge < -0.3 is 0 Å². The summed E-state index contributed by atoms with van der Waals surface area (Å²) < 4.78 is 0. The van der Waals surface area contributed by atoms with E-state index in [-0.39, 0.29) is 20.6 Å². The molecule has 0 amide bonds. The average Bonchev–Trinajstić information content (AvgIpc) is 2.30. The molecule has 1 heteroatoms. The number of benzene rings is 2. The Morgan fingerprint density at radius 1 is 0.706 bits per heavy atom. The average molecular weight is 226 g/mol. The maximum absolute atomic E-state index is 12.1. The van der Waals surface area contributed by atoms with E-state index < -0.39 is 0 Å². The van der Waals surface area contributed by atoms with E-state index >= 15 is 0 Å². The number of rotatable bonds is 0. The van der Waals surface area contributed by atoms with Crippen LogP contribution >= 0.6 is 0 Å². The van der Waals surface area contributed by atoms with Crippen molar-refractivity contribution in [3.05, 3.63) is 70.8 Å². The van der Waals surface area contributed by atoms with Crippen LogP contribution in [0.3, 0.4) is 0 Å². The molecule has 0 radical (unpaired) electrons. The highest BCUT2D eigenvalue weighted by atomic mass is 16.1. The number of carbonyl (C=O) groups excluding carboxylic acids is 1. The van der Waals surface area contributed by atoms with Crippen LogP contribution in [0, 0.1) is 0 Å². The van der Waals surface area contributed by atoms with Crippen LogP contribution in [-0.4, -0.2) is 5.78 Å². The fourth-order valence-electron chi connectivity index (χ4n) is 2.14. The van der Waals surface area contributed by atoms with E-state index in [9.17, 15) is 4.79 Å². The van der Waals surface area contributed by atoms with Crippen molar-refractivity contribution >= 4 is 5.78 Å². The molecular formula is C16H18O. The van der Waals surface area contributed by atoms with Gasteiger partial charge >= 0.3 is 0 Å². The Hall–Kier alpha value is -1.89. The lowest BCUT2D eigenvalue weighted by atomic mass is 9.85. The van der Waals surface area contributed by atoms with Crippen molar-refractivity contribution < 1.29 is 4.79 Å². The smallest absolute Gasteiger partial charge is 0.193 e. The number of fused-ring (bicyclic) bond motifs is 2. The standard InChI is InChI=1S/C14H10O.2CH4/c15-14-12-7-3-1-5-10(12)9-11-6-2-4-8-13(11)14;;/h1-8H,9H2;2*1H4. The zero-order valence-electron chi connectivity index (χ0n) is 8.23. The first-order valence-electron chi connectivity index (χ1n) is 5.07. The van der Waals surface area contributed by atoms with Gasteiger partial charge in [-0.25, -0.2) is 0 Å². The molecule has 88 valence electrons. The van der Waals surface area contributed by atoms with Crippen LogP contribution < -0.4 is 0 Å². The minimum atomic E-state index is 0. The molecule has 1 nitrogen and oxygen atoms in total. The Morgan fingerprint density at radius 3 is 1.59 bits per heavy atom. The normalized spacial score (nSPS) is 11.6. The first-order chi connectivity index (χ1) is 7.36. The van der Waals surface area contributed by atoms with Crippen molar-refractivity contribution in [3.8, 4) is 0 Å². The molecule has 0 spiro atoms. The fraction of sp³-hybridized carbons (Fsp3) is 0.188. The molecule has 2 aromatic rings. The molecular weight excluding hydrogens is 208 g/mol. The van der Waals surface area contributed by atoms with Gasteiger partial charge in [-0.05, 0) is 17.5 Å². The van der Waals surface area contributed by atoms with E-state index in [1.165, 1.54) is 0 Å². The summed E-state index contributed by atoms with van der Waals surface area (Å²) in [5.41, 5.74) is 4.00. The third-order valence-corrected chi connectivity index (χ3v) is 2.90. The lowest BCUT2D eigenvalue weighted by Crippen LogP contribution is -2.14. The third kappa shape index (κ3) is 2.01. The largest absolute Gasteiger partial charge is 0.289 e. The monoisotopic (exact) mass is 226 g/mol. The van der Waals surface area contributed by atoms with Gasteiger partial charge in [-0.1, -0.05) is 63.4 Å². The molecule has 17 heavy (non-hydrogen) atoms. The third-order valence-electron chi connectivity index (χ3n) is 2.90. The number of hydrogen-bond donors (Lipinski definition) is 0. The molecule has 1 aliphatic rings. The molecule has 0 atom stereocenters. The maximum Gasteiger partial charge on any atom is 0.193 e. The quantitative estimate of drug-likeness (QED) is 0.564. The Balaban J connectivity index is 0.000000722. The van der Waals surface area contributed by atoms with Crippen molar-refractivity contribution in [3.63, 3.8) is 0 Å². The molecule has 1 aliphatic carbocycles. The predicted molar refractivity (Wildman–Crippen MR) is 72.6 cm³/mol. The summed E-state index contributed by atoms with van der Waals surface area (Å²) in [5.74, 6) is 0.160. The van der Waals surface area contributed by atoms with E-state index in [0.717, 1.165) is 28.7 Å². The number of carbonyl (C=O) groups is 1. The first-order valence-corrected chi connectivity index (χ1v) is 5.07. The number of ketones is 1. The van der Waals surface area contributed by atoms with E-state index in [0.29, 0.717) is 0 Å². The summed E-state index contributed by atoms with van der Waals surface area (Å²) >= 11 is 0. The second kappa shape index (κ2) is 4.96. The van der Waals surface area contributed by atoms with Gasteiger partial charge in [0.1, 0.15) is 0 Å². The highest BCUT2D eigenvalue weighted by molar-refractivity contribution is 6.12. The lowest BCUT2D eigenvalue weighted by molar-refractivity contribution is 0.103. The zero-order valence-corrected chi connectivity index (χ0v) is 8.23. The van der Waals surface area contributed by atoms with E-state index in [1.807, 2.05) is 48.5 Å². The van der Waals surface area contributed by atoms with Gasteiger partial charge in [0.05, 0.1) is 0 Å². The first kappa shape index (κ1) is 13.2. The molecule has 0 aromatic heterocycles. The fourth-order valence-corrected chi connectivity index (χ4v) is 2.14. The van der Waals surface area contributed by atoms with Crippen molar-refractivity contribution in [1.29, 1.82) is 0 Å². The molecule has 0 heterocycles. The van der Waals surface area contributed by atoms with E-state index in [4.69, 9.17) is 0 Å². The van der Waals surface area contributed by atoms with Gasteiger partial charge in [-0.3, -0.25) is 4.79 Å². The van der Waals surface area contributed by atoms with Crippen molar-refractivity contribution in [2.24, 2.45) is 0 Å². The van der Waals surface area contributed by atoms with Crippen LogP contribution in [0.1, 0.15) is 41.9 Å². The SMILES string of the molecule is C.C.O=C1c2ccccc2Cc2ccccc21. The van der Waals surface area contributed by atoms with Crippen LogP contribution in [-0.2, 0) is 6.42 Å². The lowest BCUT2D eigenvalue weighted by Gasteiger charge is -2.17. The Labute approximate surface area is 103 Å². The van der Waals surface area contributed by atoms with Crippen LogP contribution in [0.5, 0.6) is 0 Å². The van der Waals surface area contributed by atoms with Crippen LogP contribution in [0.25, 0.3) is 0 Å².